The fourth-order valence-corrected chi connectivity index (χ4v) is 3.21. The molecule has 7 heteroatoms. The Balaban J connectivity index is 2.22. The molecule has 0 bridgehead atoms. The van der Waals surface area contributed by atoms with Crippen LogP contribution in [0.25, 0.3) is 0 Å². The van der Waals surface area contributed by atoms with Gasteiger partial charge in [0, 0.05) is 17.6 Å². The maximum Gasteiger partial charge on any atom is 0.323 e. The highest BCUT2D eigenvalue weighted by atomic mass is 32.1. The lowest BCUT2D eigenvalue weighted by Gasteiger charge is -2.15. The SMILES string of the molecule is CNC(=O)c1sc(C(C)(C)C)cc1NC(=O)Nc1ccc(C)c(F)c1. The van der Waals surface area contributed by atoms with Gasteiger partial charge < -0.3 is 16.0 Å². The minimum Gasteiger partial charge on any atom is -0.354 e. The minimum absolute atomic E-state index is 0.149. The van der Waals surface area contributed by atoms with E-state index < -0.39 is 11.8 Å². The number of urea groups is 1. The van der Waals surface area contributed by atoms with Crippen LogP contribution in [0.5, 0.6) is 0 Å². The Hall–Kier alpha value is -2.41. The zero-order chi connectivity index (χ0) is 18.8. The monoisotopic (exact) mass is 363 g/mol. The molecule has 25 heavy (non-hydrogen) atoms. The molecule has 5 nitrogen and oxygen atoms in total. The number of carbonyl (C=O) groups excluding carboxylic acids is 2. The quantitative estimate of drug-likeness (QED) is 0.751. The Bertz CT molecular complexity index is 809. The van der Waals surface area contributed by atoms with E-state index in [1.807, 2.05) is 20.8 Å². The Morgan fingerprint density at radius 2 is 1.80 bits per heavy atom. The van der Waals surface area contributed by atoms with Crippen molar-refractivity contribution in [2.75, 3.05) is 17.7 Å². The fourth-order valence-electron chi connectivity index (χ4n) is 2.09. The van der Waals surface area contributed by atoms with E-state index in [-0.39, 0.29) is 11.3 Å². The molecule has 0 atom stereocenters. The number of carbonyl (C=O) groups is 2. The molecule has 3 N–H and O–H groups in total. The van der Waals surface area contributed by atoms with E-state index in [1.165, 1.54) is 24.5 Å². The molecule has 0 aliphatic heterocycles. The Morgan fingerprint density at radius 1 is 1.12 bits per heavy atom. The zero-order valence-corrected chi connectivity index (χ0v) is 15.7. The summed E-state index contributed by atoms with van der Waals surface area (Å²) < 4.78 is 13.6. The van der Waals surface area contributed by atoms with Crippen molar-refractivity contribution in [3.05, 3.63) is 45.4 Å². The van der Waals surface area contributed by atoms with Crippen molar-refractivity contribution in [3.8, 4) is 0 Å². The van der Waals surface area contributed by atoms with Crippen molar-refractivity contribution in [3.63, 3.8) is 0 Å². The maximum absolute atomic E-state index is 13.6. The van der Waals surface area contributed by atoms with Crippen molar-refractivity contribution in [2.45, 2.75) is 33.1 Å². The number of benzene rings is 1. The normalized spacial score (nSPS) is 11.1. The van der Waals surface area contributed by atoms with Gasteiger partial charge in [-0.2, -0.15) is 0 Å². The van der Waals surface area contributed by atoms with Crippen LogP contribution < -0.4 is 16.0 Å². The smallest absolute Gasteiger partial charge is 0.323 e. The number of amides is 3. The summed E-state index contributed by atoms with van der Waals surface area (Å²) in [4.78, 5) is 25.7. The molecule has 0 saturated carbocycles. The van der Waals surface area contributed by atoms with Crippen LogP contribution >= 0.6 is 11.3 Å². The molecule has 134 valence electrons. The van der Waals surface area contributed by atoms with Crippen LogP contribution in [0.2, 0.25) is 0 Å². The predicted octanol–water partition coefficient (Wildman–Crippen LogP) is 4.50. The van der Waals surface area contributed by atoms with Crippen LogP contribution in [0, 0.1) is 12.7 Å². The first-order chi connectivity index (χ1) is 11.6. The number of nitrogens with one attached hydrogen (secondary N) is 3. The number of aryl methyl sites for hydroxylation is 1. The van der Waals surface area contributed by atoms with Gasteiger partial charge in [0.25, 0.3) is 5.91 Å². The lowest BCUT2D eigenvalue weighted by molar-refractivity contribution is 0.0968. The lowest BCUT2D eigenvalue weighted by atomic mass is 9.94. The summed E-state index contributed by atoms with van der Waals surface area (Å²) in [6.07, 6.45) is 0. The van der Waals surface area contributed by atoms with E-state index in [0.717, 1.165) is 4.88 Å². The van der Waals surface area contributed by atoms with E-state index in [0.29, 0.717) is 21.8 Å². The van der Waals surface area contributed by atoms with Gasteiger partial charge in [0.1, 0.15) is 10.7 Å². The Morgan fingerprint density at radius 3 is 2.36 bits per heavy atom. The first-order valence-corrected chi connectivity index (χ1v) is 8.64. The van der Waals surface area contributed by atoms with Crippen LogP contribution in [0.1, 0.15) is 40.9 Å². The largest absolute Gasteiger partial charge is 0.354 e. The first-order valence-electron chi connectivity index (χ1n) is 7.82. The third-order valence-electron chi connectivity index (χ3n) is 3.58. The highest BCUT2D eigenvalue weighted by Crippen LogP contribution is 2.35. The van der Waals surface area contributed by atoms with Gasteiger partial charge in [-0.1, -0.05) is 26.8 Å². The van der Waals surface area contributed by atoms with Crippen molar-refractivity contribution in [2.24, 2.45) is 0 Å². The third-order valence-corrected chi connectivity index (χ3v) is 5.14. The summed E-state index contributed by atoms with van der Waals surface area (Å²) >= 11 is 1.34. The predicted molar refractivity (Wildman–Crippen MR) is 100 cm³/mol. The lowest BCUT2D eigenvalue weighted by Crippen LogP contribution is -2.22. The standard InChI is InChI=1S/C18H22FN3O2S/c1-10-6-7-11(8-12(10)19)21-17(24)22-13-9-14(18(2,3)4)25-15(13)16(23)20-5/h6-9H,1-5H3,(H,20,23)(H2,21,22,24). The molecule has 0 fully saturated rings. The third kappa shape index (κ3) is 4.57. The molecule has 1 heterocycles. The second kappa shape index (κ2) is 7.23. The molecule has 0 unspecified atom stereocenters. The van der Waals surface area contributed by atoms with E-state index >= 15 is 0 Å². The molecule has 0 aliphatic rings. The van der Waals surface area contributed by atoms with Crippen molar-refractivity contribution in [1.29, 1.82) is 0 Å². The molecule has 3 amide bonds. The number of rotatable bonds is 3. The van der Waals surface area contributed by atoms with Gasteiger partial charge in [0.2, 0.25) is 0 Å². The van der Waals surface area contributed by atoms with Gasteiger partial charge in [-0.15, -0.1) is 11.3 Å². The number of hydrogen-bond donors (Lipinski definition) is 3. The van der Waals surface area contributed by atoms with Gasteiger partial charge in [0.05, 0.1) is 5.69 Å². The summed E-state index contributed by atoms with van der Waals surface area (Å²) in [5.74, 6) is -0.661. The molecule has 2 aromatic rings. The number of halogens is 1. The van der Waals surface area contributed by atoms with Crippen LogP contribution in [-0.4, -0.2) is 19.0 Å². The molecule has 0 spiro atoms. The van der Waals surface area contributed by atoms with Gasteiger partial charge in [-0.05, 0) is 36.1 Å². The summed E-state index contributed by atoms with van der Waals surface area (Å²) in [7, 11) is 1.54. The molecule has 0 radical (unpaired) electrons. The van der Waals surface area contributed by atoms with E-state index in [4.69, 9.17) is 0 Å². The van der Waals surface area contributed by atoms with Gasteiger partial charge in [-0.25, -0.2) is 9.18 Å². The van der Waals surface area contributed by atoms with Crippen LogP contribution in [-0.2, 0) is 5.41 Å². The summed E-state index contributed by atoms with van der Waals surface area (Å²) in [5, 5.41) is 7.82. The molecule has 1 aromatic heterocycles. The molecular weight excluding hydrogens is 341 g/mol. The van der Waals surface area contributed by atoms with Crippen LogP contribution in [0.3, 0.4) is 0 Å². The highest BCUT2D eigenvalue weighted by molar-refractivity contribution is 7.14. The molecule has 2 rings (SSSR count). The number of hydrogen-bond acceptors (Lipinski definition) is 3. The molecular formula is C18H22FN3O2S. The number of anilines is 2. The van der Waals surface area contributed by atoms with Crippen LogP contribution in [0.4, 0.5) is 20.6 Å². The molecule has 0 saturated heterocycles. The average Bonchev–Trinajstić information content (AvgIpc) is 2.94. The summed E-state index contributed by atoms with van der Waals surface area (Å²) in [5.41, 5.74) is 1.12. The maximum atomic E-state index is 13.6. The van der Waals surface area contributed by atoms with E-state index in [1.54, 1.807) is 25.1 Å². The minimum atomic E-state index is -0.535. The highest BCUT2D eigenvalue weighted by Gasteiger charge is 2.23. The van der Waals surface area contributed by atoms with Crippen molar-refractivity contribution in [1.82, 2.24) is 5.32 Å². The van der Waals surface area contributed by atoms with E-state index in [2.05, 4.69) is 16.0 Å². The van der Waals surface area contributed by atoms with E-state index in [9.17, 15) is 14.0 Å². The molecule has 0 aliphatic carbocycles. The zero-order valence-electron chi connectivity index (χ0n) is 14.9. The van der Waals surface area contributed by atoms with Gasteiger partial charge in [0.15, 0.2) is 0 Å². The molecule has 1 aromatic carbocycles. The fraction of sp³-hybridized carbons (Fsp3) is 0.333. The number of thiophene rings is 1. The Labute approximate surface area is 150 Å². The average molecular weight is 363 g/mol. The van der Waals surface area contributed by atoms with Gasteiger partial charge in [-0.3, -0.25) is 4.79 Å². The summed E-state index contributed by atoms with van der Waals surface area (Å²) in [6.45, 7) is 7.75. The van der Waals surface area contributed by atoms with Crippen molar-refractivity contribution < 1.29 is 14.0 Å². The summed E-state index contributed by atoms with van der Waals surface area (Å²) in [6, 6.07) is 5.72. The topological polar surface area (TPSA) is 70.2 Å². The second-order valence-electron chi connectivity index (χ2n) is 6.73. The second-order valence-corrected chi connectivity index (χ2v) is 7.78. The Kier molecular flexibility index (Phi) is 5.47. The van der Waals surface area contributed by atoms with Crippen molar-refractivity contribution >= 4 is 34.6 Å². The van der Waals surface area contributed by atoms with Crippen LogP contribution in [0.15, 0.2) is 24.3 Å². The van der Waals surface area contributed by atoms with Gasteiger partial charge >= 0.3 is 6.03 Å². The first kappa shape index (κ1) is 18.9.